The minimum Gasteiger partial charge on any atom is -0.392 e. The highest BCUT2D eigenvalue weighted by molar-refractivity contribution is 5.30. The summed E-state index contributed by atoms with van der Waals surface area (Å²) in [5, 5.41) is 9.22. The van der Waals surface area contributed by atoms with E-state index in [0.717, 1.165) is 12.0 Å². The van der Waals surface area contributed by atoms with E-state index in [1.807, 2.05) is 19.1 Å². The molecule has 0 saturated carbocycles. The third kappa shape index (κ3) is 3.73. The fraction of sp³-hybridized carbons (Fsp3) is 0.364. The molecule has 13 heavy (non-hydrogen) atoms. The number of aliphatic hydroxyl groups is 1. The maximum Gasteiger partial charge on any atom is 0.0646 e. The summed E-state index contributed by atoms with van der Waals surface area (Å²) in [4.78, 5) is 3.94. The minimum absolute atomic E-state index is 0.302. The van der Waals surface area contributed by atoms with Crippen LogP contribution in [-0.2, 0) is 0 Å². The third-order valence-electron chi connectivity index (χ3n) is 1.70. The number of aliphatic hydroxyl groups excluding tert-OH is 1. The number of rotatable bonds is 2. The summed E-state index contributed by atoms with van der Waals surface area (Å²) < 4.78 is 0. The summed E-state index contributed by atoms with van der Waals surface area (Å²) in [5.74, 6) is 5.85. The van der Waals surface area contributed by atoms with Gasteiger partial charge in [-0.1, -0.05) is 18.8 Å². The van der Waals surface area contributed by atoms with Crippen LogP contribution < -0.4 is 0 Å². The van der Waals surface area contributed by atoms with Crippen molar-refractivity contribution in [3.63, 3.8) is 0 Å². The van der Waals surface area contributed by atoms with Gasteiger partial charge in [-0.05, 0) is 18.6 Å². The second kappa shape index (κ2) is 5.34. The molecule has 0 aromatic carbocycles. The van der Waals surface area contributed by atoms with Crippen LogP contribution >= 0.6 is 0 Å². The van der Waals surface area contributed by atoms with E-state index in [4.69, 9.17) is 0 Å². The highest BCUT2D eigenvalue weighted by Gasteiger charge is 1.94. The summed E-state index contributed by atoms with van der Waals surface area (Å²) in [6.07, 6.45) is 4.41. The zero-order valence-electron chi connectivity index (χ0n) is 7.70. The second-order valence-corrected chi connectivity index (χ2v) is 2.81. The lowest BCUT2D eigenvalue weighted by molar-refractivity contribution is 0.176. The molecule has 2 nitrogen and oxygen atoms in total. The molecular formula is C11H13NO. The van der Waals surface area contributed by atoms with Crippen molar-refractivity contribution >= 4 is 0 Å². The molecule has 0 radical (unpaired) electrons. The fourth-order valence-corrected chi connectivity index (χ4v) is 0.852. The first kappa shape index (κ1) is 9.76. The lowest BCUT2D eigenvalue weighted by Crippen LogP contribution is -2.01. The van der Waals surface area contributed by atoms with Crippen molar-refractivity contribution in [1.29, 1.82) is 0 Å². The van der Waals surface area contributed by atoms with Gasteiger partial charge >= 0.3 is 0 Å². The third-order valence-corrected chi connectivity index (χ3v) is 1.70. The van der Waals surface area contributed by atoms with Gasteiger partial charge in [-0.15, -0.1) is 0 Å². The maximum atomic E-state index is 9.22. The Kier molecular flexibility index (Phi) is 4.01. The van der Waals surface area contributed by atoms with Crippen LogP contribution in [0.3, 0.4) is 0 Å². The summed E-state index contributed by atoms with van der Waals surface area (Å²) in [6, 6.07) is 3.75. The zero-order chi connectivity index (χ0) is 9.52. The van der Waals surface area contributed by atoms with Crippen molar-refractivity contribution in [2.24, 2.45) is 0 Å². The van der Waals surface area contributed by atoms with E-state index in [2.05, 4.69) is 16.8 Å². The van der Waals surface area contributed by atoms with Gasteiger partial charge in [0.1, 0.15) is 0 Å². The Morgan fingerprint density at radius 1 is 1.62 bits per heavy atom. The highest BCUT2D eigenvalue weighted by Crippen LogP contribution is 1.96. The van der Waals surface area contributed by atoms with Crippen molar-refractivity contribution < 1.29 is 5.11 Å². The Labute approximate surface area is 78.6 Å². The van der Waals surface area contributed by atoms with Gasteiger partial charge in [0.25, 0.3) is 0 Å². The highest BCUT2D eigenvalue weighted by atomic mass is 16.3. The van der Waals surface area contributed by atoms with Crippen molar-refractivity contribution in [2.45, 2.75) is 25.9 Å². The van der Waals surface area contributed by atoms with Gasteiger partial charge in [0, 0.05) is 24.4 Å². The zero-order valence-corrected chi connectivity index (χ0v) is 7.70. The fourth-order valence-electron chi connectivity index (χ4n) is 0.852. The number of hydrogen-bond donors (Lipinski definition) is 1. The molecule has 0 saturated heterocycles. The van der Waals surface area contributed by atoms with Gasteiger partial charge in [0.15, 0.2) is 0 Å². The van der Waals surface area contributed by atoms with Crippen LogP contribution in [0.4, 0.5) is 0 Å². The number of aromatic nitrogens is 1. The number of hydrogen-bond acceptors (Lipinski definition) is 2. The molecule has 1 aromatic rings. The maximum absolute atomic E-state index is 9.22. The Morgan fingerprint density at radius 2 is 2.46 bits per heavy atom. The van der Waals surface area contributed by atoms with Crippen LogP contribution in [0.1, 0.15) is 25.3 Å². The number of pyridine rings is 1. The van der Waals surface area contributed by atoms with Gasteiger partial charge in [0.2, 0.25) is 0 Å². The molecule has 1 aromatic heterocycles. The Bertz CT molecular complexity index is 297. The SMILES string of the molecule is CCC(O)CC#Cc1cccnc1. The van der Waals surface area contributed by atoms with Gasteiger partial charge in [-0.2, -0.15) is 0 Å². The molecule has 0 aliphatic heterocycles. The molecule has 1 unspecified atom stereocenters. The second-order valence-electron chi connectivity index (χ2n) is 2.81. The first-order chi connectivity index (χ1) is 6.33. The molecule has 0 fully saturated rings. The lowest BCUT2D eigenvalue weighted by Gasteiger charge is -1.98. The lowest BCUT2D eigenvalue weighted by atomic mass is 10.2. The predicted octanol–water partition coefficient (Wildman–Crippen LogP) is 1.59. The van der Waals surface area contributed by atoms with Crippen LogP contribution in [0, 0.1) is 11.8 Å². The quantitative estimate of drug-likeness (QED) is 0.692. The van der Waals surface area contributed by atoms with Crippen molar-refractivity contribution in [3.8, 4) is 11.8 Å². The molecule has 2 heteroatoms. The Balaban J connectivity index is 2.49. The summed E-state index contributed by atoms with van der Waals surface area (Å²) in [5.41, 5.74) is 0.894. The molecule has 1 atom stereocenters. The summed E-state index contributed by atoms with van der Waals surface area (Å²) in [6.45, 7) is 1.94. The van der Waals surface area contributed by atoms with Crippen molar-refractivity contribution in [1.82, 2.24) is 4.98 Å². The Hall–Kier alpha value is -1.33. The van der Waals surface area contributed by atoms with Crippen molar-refractivity contribution in [2.75, 3.05) is 0 Å². The molecule has 0 spiro atoms. The molecular weight excluding hydrogens is 162 g/mol. The van der Waals surface area contributed by atoms with Crippen molar-refractivity contribution in [3.05, 3.63) is 30.1 Å². The van der Waals surface area contributed by atoms with E-state index >= 15 is 0 Å². The number of nitrogens with zero attached hydrogens (tertiary/aromatic N) is 1. The van der Waals surface area contributed by atoms with E-state index < -0.39 is 0 Å². The molecule has 0 amide bonds. The van der Waals surface area contributed by atoms with E-state index in [0.29, 0.717) is 6.42 Å². The molecule has 1 N–H and O–H groups in total. The predicted molar refractivity (Wildman–Crippen MR) is 52.0 cm³/mol. The van der Waals surface area contributed by atoms with E-state index in [1.54, 1.807) is 12.4 Å². The van der Waals surface area contributed by atoms with Crippen LogP contribution in [0.25, 0.3) is 0 Å². The summed E-state index contributed by atoms with van der Waals surface area (Å²) in [7, 11) is 0. The summed E-state index contributed by atoms with van der Waals surface area (Å²) >= 11 is 0. The van der Waals surface area contributed by atoms with E-state index in [9.17, 15) is 5.11 Å². The van der Waals surface area contributed by atoms with Gasteiger partial charge in [0.05, 0.1) is 6.10 Å². The van der Waals surface area contributed by atoms with E-state index in [-0.39, 0.29) is 6.10 Å². The van der Waals surface area contributed by atoms with Gasteiger partial charge in [-0.3, -0.25) is 4.98 Å². The van der Waals surface area contributed by atoms with Crippen LogP contribution in [-0.4, -0.2) is 16.2 Å². The minimum atomic E-state index is -0.302. The molecule has 1 heterocycles. The average molecular weight is 175 g/mol. The first-order valence-corrected chi connectivity index (χ1v) is 4.40. The first-order valence-electron chi connectivity index (χ1n) is 4.40. The van der Waals surface area contributed by atoms with E-state index in [1.165, 1.54) is 0 Å². The Morgan fingerprint density at radius 3 is 3.08 bits per heavy atom. The molecule has 0 bridgehead atoms. The molecule has 68 valence electrons. The topological polar surface area (TPSA) is 33.1 Å². The molecule has 0 aliphatic rings. The average Bonchev–Trinajstić information content (AvgIpc) is 2.19. The van der Waals surface area contributed by atoms with Crippen LogP contribution in [0.2, 0.25) is 0 Å². The molecule has 0 aliphatic carbocycles. The molecule has 1 rings (SSSR count). The normalized spacial score (nSPS) is 11.5. The monoisotopic (exact) mass is 175 g/mol. The largest absolute Gasteiger partial charge is 0.392 e. The van der Waals surface area contributed by atoms with Gasteiger partial charge in [-0.25, -0.2) is 0 Å². The van der Waals surface area contributed by atoms with Crippen LogP contribution in [0.5, 0.6) is 0 Å². The van der Waals surface area contributed by atoms with Gasteiger partial charge < -0.3 is 5.11 Å². The van der Waals surface area contributed by atoms with Crippen LogP contribution in [0.15, 0.2) is 24.5 Å². The smallest absolute Gasteiger partial charge is 0.0646 e. The standard InChI is InChI=1S/C11H13NO/c1-2-11(13)7-3-5-10-6-4-8-12-9-10/h4,6,8-9,11,13H,2,7H2,1H3.